The average Bonchev–Trinajstić information content (AvgIpc) is 3.71. The van der Waals surface area contributed by atoms with Gasteiger partial charge in [0.1, 0.15) is 0 Å². The molecule has 4 fully saturated rings. The second kappa shape index (κ2) is 12.1. The predicted molar refractivity (Wildman–Crippen MR) is 247 cm³/mol. The average molecular weight is 760 g/mol. The van der Waals surface area contributed by atoms with Crippen LogP contribution < -0.4 is 4.90 Å². The van der Waals surface area contributed by atoms with E-state index in [1.807, 2.05) is 0 Å². The van der Waals surface area contributed by atoms with Gasteiger partial charge in [0.05, 0.1) is 0 Å². The maximum atomic E-state index is 2.52. The molecule has 5 aliphatic carbocycles. The van der Waals surface area contributed by atoms with Crippen molar-refractivity contribution in [3.63, 3.8) is 0 Å². The Morgan fingerprint density at radius 1 is 0.458 bits per heavy atom. The van der Waals surface area contributed by atoms with E-state index in [0.29, 0.717) is 5.41 Å². The second-order valence-electron chi connectivity index (χ2n) is 19.7. The summed E-state index contributed by atoms with van der Waals surface area (Å²) in [5.74, 6) is 3.02. The fraction of sp³-hybridized carbons (Fsp3) is 0.241. The minimum atomic E-state index is -0.150. The lowest BCUT2D eigenvalue weighted by Crippen LogP contribution is -2.42. The molecule has 0 amide bonds. The van der Waals surface area contributed by atoms with E-state index in [1.54, 1.807) is 5.56 Å². The Morgan fingerprint density at radius 3 is 1.97 bits per heavy atom. The van der Waals surface area contributed by atoms with Crippen LogP contribution in [0.2, 0.25) is 0 Å². The van der Waals surface area contributed by atoms with Gasteiger partial charge < -0.3 is 4.90 Å². The molecule has 5 atom stereocenters. The Bertz CT molecular complexity index is 3000. The van der Waals surface area contributed by atoms with Crippen molar-refractivity contribution in [1.29, 1.82) is 0 Å². The van der Waals surface area contributed by atoms with Gasteiger partial charge in [0.25, 0.3) is 0 Å². The van der Waals surface area contributed by atoms with Gasteiger partial charge in [-0.3, -0.25) is 0 Å². The molecule has 0 aromatic heterocycles. The molecule has 0 radical (unpaired) electrons. The van der Waals surface area contributed by atoms with E-state index in [-0.39, 0.29) is 5.41 Å². The van der Waals surface area contributed by atoms with Crippen molar-refractivity contribution in [3.05, 3.63) is 187 Å². The molecule has 0 saturated heterocycles. The van der Waals surface area contributed by atoms with Crippen LogP contribution in [0.25, 0.3) is 54.9 Å². The number of benzene rings is 8. The molecule has 3 bridgehead atoms. The van der Waals surface area contributed by atoms with E-state index in [9.17, 15) is 0 Å². The number of hydrogen-bond donors (Lipinski definition) is 0. The molecule has 0 N–H and O–H groups in total. The van der Waals surface area contributed by atoms with Gasteiger partial charge in [0, 0.05) is 22.5 Å². The molecule has 8 aromatic carbocycles. The Labute approximate surface area is 348 Å². The zero-order valence-corrected chi connectivity index (χ0v) is 34.1. The highest BCUT2D eigenvalue weighted by Crippen LogP contribution is 2.79. The van der Waals surface area contributed by atoms with Crippen LogP contribution in [0.15, 0.2) is 170 Å². The lowest BCUT2D eigenvalue weighted by atomic mass is 9.55. The highest BCUT2D eigenvalue weighted by Gasteiger charge is 2.70. The monoisotopic (exact) mass is 759 g/mol. The molecular weight excluding hydrogens is 711 g/mol. The Morgan fingerprint density at radius 2 is 1.12 bits per heavy atom. The van der Waals surface area contributed by atoms with Crippen molar-refractivity contribution in [2.24, 2.45) is 23.2 Å². The molecule has 5 aliphatic rings. The van der Waals surface area contributed by atoms with Crippen LogP contribution in [0, 0.1) is 23.2 Å². The van der Waals surface area contributed by atoms with Crippen molar-refractivity contribution >= 4 is 38.6 Å². The van der Waals surface area contributed by atoms with Gasteiger partial charge in [0.2, 0.25) is 0 Å². The van der Waals surface area contributed by atoms with E-state index < -0.39 is 0 Å². The Balaban J connectivity index is 0.855. The van der Waals surface area contributed by atoms with Crippen LogP contribution >= 0.6 is 0 Å². The van der Waals surface area contributed by atoms with E-state index >= 15 is 0 Å². The molecule has 8 aromatic rings. The molecule has 1 nitrogen and oxygen atoms in total. The van der Waals surface area contributed by atoms with Crippen molar-refractivity contribution in [3.8, 4) is 33.4 Å². The summed E-state index contributed by atoms with van der Waals surface area (Å²) in [5.41, 5.74) is 16.8. The maximum Gasteiger partial charge on any atom is 0.0468 e. The van der Waals surface area contributed by atoms with Crippen molar-refractivity contribution in [2.75, 3.05) is 4.90 Å². The molecule has 4 saturated carbocycles. The van der Waals surface area contributed by atoms with E-state index in [4.69, 9.17) is 0 Å². The van der Waals surface area contributed by atoms with Gasteiger partial charge >= 0.3 is 0 Å². The summed E-state index contributed by atoms with van der Waals surface area (Å²) in [7, 11) is 0. The van der Waals surface area contributed by atoms with Crippen molar-refractivity contribution < 1.29 is 0 Å². The van der Waals surface area contributed by atoms with Crippen molar-refractivity contribution in [1.82, 2.24) is 0 Å². The Hall–Kier alpha value is -5.92. The first-order valence-electron chi connectivity index (χ1n) is 22.1. The number of rotatable bonds is 6. The third kappa shape index (κ3) is 4.85. The molecule has 1 heteroatoms. The van der Waals surface area contributed by atoms with Crippen LogP contribution in [0.3, 0.4) is 0 Å². The first-order valence-corrected chi connectivity index (χ1v) is 22.1. The lowest BCUT2D eigenvalue weighted by Gasteiger charge is -2.49. The van der Waals surface area contributed by atoms with Crippen LogP contribution in [0.1, 0.15) is 69.1 Å². The summed E-state index contributed by atoms with van der Waals surface area (Å²) in [4.78, 5) is 2.44. The molecule has 1 spiro atoms. The predicted octanol–water partition coefficient (Wildman–Crippen LogP) is 15.6. The largest absolute Gasteiger partial charge is 0.310 e. The van der Waals surface area contributed by atoms with Crippen LogP contribution in [0.4, 0.5) is 17.1 Å². The number of fused-ring (bicyclic) bond motifs is 7. The van der Waals surface area contributed by atoms with Crippen LogP contribution in [0.5, 0.6) is 0 Å². The van der Waals surface area contributed by atoms with Gasteiger partial charge in [-0.25, -0.2) is 0 Å². The molecule has 59 heavy (non-hydrogen) atoms. The zero-order chi connectivity index (χ0) is 39.1. The molecule has 0 aliphatic heterocycles. The SMILES string of the molecule is CC1(C)c2cc(-c3ccc(C45CC6CC7CC(C4)C7(C6)C5)cc3)ccc2-c2ccc(N(c3ccc(-c4cccc5ccccc45)cc3)c3ccc4ccccc4c3)cc21. The minimum Gasteiger partial charge on any atom is -0.310 e. The third-order valence-electron chi connectivity index (χ3n) is 16.4. The minimum absolute atomic E-state index is 0.150. The third-order valence-corrected chi connectivity index (χ3v) is 16.4. The van der Waals surface area contributed by atoms with Gasteiger partial charge in [-0.2, -0.15) is 0 Å². The quantitative estimate of drug-likeness (QED) is 0.163. The summed E-state index contributed by atoms with van der Waals surface area (Å²) in [6, 6.07) is 64.4. The van der Waals surface area contributed by atoms with E-state index in [0.717, 1.165) is 34.5 Å². The molecular formula is C58H49N. The first-order chi connectivity index (χ1) is 28.9. The lowest BCUT2D eigenvalue weighted by molar-refractivity contribution is -0.000160. The smallest absolute Gasteiger partial charge is 0.0468 e. The standard InChI is InChI=1S/C58H49N/c1-56(2)54-30-43(39-14-20-44(21-15-39)57-33-37-28-45-31-46(35-57)58(45,34-37)36-57)19-26-52(54)53-27-25-49(32-55(53)56)59(48-24-16-38-8-3-4-10-42(38)29-48)47-22-17-41(18-23-47)51-13-7-11-40-9-5-6-12-50(40)51/h3-27,29-30,32,37,45-46H,28,31,33-36H2,1-2H3. The van der Waals surface area contributed by atoms with E-state index in [1.165, 1.54) is 110 Å². The summed E-state index contributed by atoms with van der Waals surface area (Å²) in [6.07, 6.45) is 8.92. The molecule has 0 heterocycles. The summed E-state index contributed by atoms with van der Waals surface area (Å²) in [6.45, 7) is 4.84. The summed E-state index contributed by atoms with van der Waals surface area (Å²) >= 11 is 0. The van der Waals surface area contributed by atoms with E-state index in [2.05, 4.69) is 189 Å². The van der Waals surface area contributed by atoms with Gasteiger partial charge in [-0.05, 0) is 181 Å². The van der Waals surface area contributed by atoms with Gasteiger partial charge in [-0.15, -0.1) is 0 Å². The fourth-order valence-corrected chi connectivity index (χ4v) is 13.8. The fourth-order valence-electron chi connectivity index (χ4n) is 13.8. The van der Waals surface area contributed by atoms with Crippen LogP contribution in [-0.2, 0) is 10.8 Å². The highest BCUT2D eigenvalue weighted by molar-refractivity contribution is 5.97. The van der Waals surface area contributed by atoms with Gasteiger partial charge in [0.15, 0.2) is 0 Å². The number of anilines is 3. The summed E-state index contributed by atoms with van der Waals surface area (Å²) < 4.78 is 0. The number of hydrogen-bond acceptors (Lipinski definition) is 1. The maximum absolute atomic E-state index is 2.52. The molecule has 13 rings (SSSR count). The molecule has 5 unspecified atom stereocenters. The highest BCUT2D eigenvalue weighted by atomic mass is 15.1. The van der Waals surface area contributed by atoms with Gasteiger partial charge in [-0.1, -0.05) is 141 Å². The Kier molecular flexibility index (Phi) is 6.96. The first kappa shape index (κ1) is 34.0. The molecule has 286 valence electrons. The topological polar surface area (TPSA) is 3.24 Å². The normalized spacial score (nSPS) is 25.2. The zero-order valence-electron chi connectivity index (χ0n) is 34.1. The summed E-state index contributed by atoms with van der Waals surface area (Å²) in [5, 5.41) is 5.04. The van der Waals surface area contributed by atoms with Crippen molar-refractivity contribution in [2.45, 2.75) is 63.2 Å². The van der Waals surface area contributed by atoms with Crippen LogP contribution in [-0.4, -0.2) is 0 Å². The second-order valence-corrected chi connectivity index (χ2v) is 19.7. The number of nitrogens with zero attached hydrogens (tertiary/aromatic N) is 1.